The van der Waals surface area contributed by atoms with Crippen LogP contribution in [0.2, 0.25) is 0 Å². The highest BCUT2D eigenvalue weighted by molar-refractivity contribution is 5.87. The molecule has 2 amide bonds. The largest absolute Gasteiger partial charge is 0.367 e. The van der Waals surface area contributed by atoms with Crippen molar-refractivity contribution in [1.29, 1.82) is 0 Å². The molecule has 3 heterocycles. The number of morpholine rings is 1. The van der Waals surface area contributed by atoms with Crippen molar-refractivity contribution in [1.82, 2.24) is 25.0 Å². The maximum absolute atomic E-state index is 12.7. The monoisotopic (exact) mass is 335 g/mol. The van der Waals surface area contributed by atoms with Crippen molar-refractivity contribution < 1.29 is 14.3 Å². The molecule has 24 heavy (non-hydrogen) atoms. The molecular formula is C16H25N5O3. The summed E-state index contributed by atoms with van der Waals surface area (Å²) in [4.78, 5) is 32.6. The topological polar surface area (TPSA) is 91.4 Å². The van der Waals surface area contributed by atoms with Crippen LogP contribution in [-0.4, -0.2) is 70.1 Å². The summed E-state index contributed by atoms with van der Waals surface area (Å²) in [6.07, 6.45) is 0.740. The average Bonchev–Trinajstić information content (AvgIpc) is 3.07. The van der Waals surface area contributed by atoms with Crippen molar-refractivity contribution in [3.8, 4) is 0 Å². The third-order valence-electron chi connectivity index (χ3n) is 4.73. The number of hydrogen-bond donors (Lipinski definition) is 1. The second kappa shape index (κ2) is 6.88. The summed E-state index contributed by atoms with van der Waals surface area (Å²) < 4.78 is 5.76. The number of rotatable bonds is 3. The normalized spacial score (nSPS) is 25.4. The van der Waals surface area contributed by atoms with Gasteiger partial charge in [-0.3, -0.25) is 14.7 Å². The molecule has 2 saturated heterocycles. The van der Waals surface area contributed by atoms with Gasteiger partial charge in [0.25, 0.3) is 0 Å². The van der Waals surface area contributed by atoms with Crippen LogP contribution in [-0.2, 0) is 14.3 Å². The molecule has 0 radical (unpaired) electrons. The molecule has 0 spiro atoms. The second-order valence-electron chi connectivity index (χ2n) is 6.88. The van der Waals surface area contributed by atoms with Crippen LogP contribution in [0.4, 0.5) is 0 Å². The van der Waals surface area contributed by atoms with E-state index in [-0.39, 0.29) is 29.8 Å². The number of aromatic amines is 1. The van der Waals surface area contributed by atoms with Gasteiger partial charge in [-0.25, -0.2) is 4.98 Å². The van der Waals surface area contributed by atoms with Crippen molar-refractivity contribution in [3.05, 3.63) is 11.6 Å². The number of amides is 2. The van der Waals surface area contributed by atoms with E-state index in [1.165, 1.54) is 0 Å². The first-order chi connectivity index (χ1) is 11.5. The van der Waals surface area contributed by atoms with Crippen molar-refractivity contribution in [2.24, 2.45) is 5.92 Å². The average molecular weight is 335 g/mol. The zero-order chi connectivity index (χ0) is 17.3. The summed E-state index contributed by atoms with van der Waals surface area (Å²) in [5.41, 5.74) is 0. The van der Waals surface area contributed by atoms with E-state index in [2.05, 4.69) is 15.2 Å². The fourth-order valence-electron chi connectivity index (χ4n) is 3.12. The van der Waals surface area contributed by atoms with E-state index in [0.717, 1.165) is 12.2 Å². The van der Waals surface area contributed by atoms with Crippen LogP contribution in [0.5, 0.6) is 0 Å². The quantitative estimate of drug-likeness (QED) is 0.878. The highest BCUT2D eigenvalue weighted by atomic mass is 16.5. The van der Waals surface area contributed by atoms with Gasteiger partial charge in [0.15, 0.2) is 11.6 Å². The van der Waals surface area contributed by atoms with E-state index in [4.69, 9.17) is 4.74 Å². The second-order valence-corrected chi connectivity index (χ2v) is 6.88. The molecule has 2 aliphatic rings. The molecule has 2 atom stereocenters. The number of nitrogens with zero attached hydrogens (tertiary/aromatic N) is 4. The molecule has 3 rings (SSSR count). The van der Waals surface area contributed by atoms with E-state index >= 15 is 0 Å². The van der Waals surface area contributed by atoms with Gasteiger partial charge in [0.2, 0.25) is 11.8 Å². The van der Waals surface area contributed by atoms with Crippen LogP contribution in [0.15, 0.2) is 0 Å². The first-order valence-corrected chi connectivity index (χ1v) is 8.52. The van der Waals surface area contributed by atoms with E-state index in [1.54, 1.807) is 16.8 Å². The van der Waals surface area contributed by atoms with Gasteiger partial charge in [-0.05, 0) is 6.42 Å². The SMILES string of the molecule is CC(C)c1n[nH]c([C@H]2CN(C(=O)[C@H]3CCN(C)C(=O)C3)CCO2)n1. The molecule has 1 N–H and O–H groups in total. The lowest BCUT2D eigenvalue weighted by atomic mass is 9.94. The van der Waals surface area contributed by atoms with Gasteiger partial charge in [0.1, 0.15) is 6.10 Å². The summed E-state index contributed by atoms with van der Waals surface area (Å²) in [5, 5.41) is 7.12. The van der Waals surface area contributed by atoms with Crippen LogP contribution in [0.25, 0.3) is 0 Å². The summed E-state index contributed by atoms with van der Waals surface area (Å²) in [6, 6.07) is 0. The number of H-pyrrole nitrogens is 1. The number of ether oxygens (including phenoxy) is 1. The number of hydrogen-bond acceptors (Lipinski definition) is 5. The number of piperidine rings is 1. The van der Waals surface area contributed by atoms with Gasteiger partial charge in [-0.2, -0.15) is 5.10 Å². The fourth-order valence-corrected chi connectivity index (χ4v) is 3.12. The molecule has 8 nitrogen and oxygen atoms in total. The molecule has 132 valence electrons. The van der Waals surface area contributed by atoms with Crippen molar-refractivity contribution >= 4 is 11.8 Å². The number of aromatic nitrogens is 3. The summed E-state index contributed by atoms with van der Waals surface area (Å²) in [7, 11) is 1.78. The van der Waals surface area contributed by atoms with Gasteiger partial charge in [-0.15, -0.1) is 0 Å². The van der Waals surface area contributed by atoms with Gasteiger partial charge in [0, 0.05) is 38.4 Å². The zero-order valence-corrected chi connectivity index (χ0v) is 14.5. The first kappa shape index (κ1) is 16.9. The smallest absolute Gasteiger partial charge is 0.226 e. The molecule has 0 saturated carbocycles. The molecule has 1 aromatic rings. The molecule has 0 bridgehead atoms. The van der Waals surface area contributed by atoms with Gasteiger partial charge < -0.3 is 14.5 Å². The summed E-state index contributed by atoms with van der Waals surface area (Å²) in [6.45, 7) is 6.17. The Morgan fingerprint density at radius 3 is 2.83 bits per heavy atom. The Hall–Kier alpha value is -1.96. The number of carbonyl (C=O) groups excluding carboxylic acids is 2. The van der Waals surface area contributed by atoms with Gasteiger partial charge >= 0.3 is 0 Å². The lowest BCUT2D eigenvalue weighted by Crippen LogP contribution is -2.48. The van der Waals surface area contributed by atoms with Crippen molar-refractivity contribution in [2.45, 2.75) is 38.7 Å². The number of likely N-dealkylation sites (tertiary alicyclic amines) is 1. The van der Waals surface area contributed by atoms with Crippen LogP contribution in [0, 0.1) is 5.92 Å². The molecule has 2 aliphatic heterocycles. The molecule has 0 aromatic carbocycles. The Morgan fingerprint density at radius 1 is 1.38 bits per heavy atom. The Bertz CT molecular complexity index is 615. The number of nitrogens with one attached hydrogen (secondary N) is 1. The van der Waals surface area contributed by atoms with E-state index in [0.29, 0.717) is 38.5 Å². The third kappa shape index (κ3) is 3.43. The molecule has 0 unspecified atom stereocenters. The van der Waals surface area contributed by atoms with Crippen LogP contribution in [0.3, 0.4) is 0 Å². The third-order valence-corrected chi connectivity index (χ3v) is 4.73. The molecule has 2 fully saturated rings. The first-order valence-electron chi connectivity index (χ1n) is 8.52. The lowest BCUT2D eigenvalue weighted by Gasteiger charge is -2.36. The predicted octanol–water partition coefficient (Wildman–Crippen LogP) is 0.696. The maximum Gasteiger partial charge on any atom is 0.226 e. The van der Waals surface area contributed by atoms with Crippen LogP contribution >= 0.6 is 0 Å². The summed E-state index contributed by atoms with van der Waals surface area (Å²) >= 11 is 0. The lowest BCUT2D eigenvalue weighted by molar-refractivity contribution is -0.149. The fraction of sp³-hybridized carbons (Fsp3) is 0.750. The van der Waals surface area contributed by atoms with E-state index in [9.17, 15) is 9.59 Å². The highest BCUT2D eigenvalue weighted by Crippen LogP contribution is 2.25. The molecule has 1 aromatic heterocycles. The van der Waals surface area contributed by atoms with Gasteiger partial charge in [0.05, 0.1) is 13.2 Å². The Labute approximate surface area is 141 Å². The molecular weight excluding hydrogens is 310 g/mol. The minimum atomic E-state index is -0.287. The Morgan fingerprint density at radius 2 is 2.17 bits per heavy atom. The van der Waals surface area contributed by atoms with Crippen molar-refractivity contribution in [3.63, 3.8) is 0 Å². The standard InChI is InChI=1S/C16H25N5O3/c1-10(2)14-17-15(19-18-14)12-9-21(6-7-24-12)16(23)11-4-5-20(3)13(22)8-11/h10-12H,4-9H2,1-3H3,(H,17,18,19)/t11-,12+/m0/s1. The number of carbonyl (C=O) groups is 2. The predicted molar refractivity (Wildman–Crippen MR) is 86.1 cm³/mol. The zero-order valence-electron chi connectivity index (χ0n) is 14.5. The van der Waals surface area contributed by atoms with Crippen molar-refractivity contribution in [2.75, 3.05) is 33.3 Å². The Balaban J connectivity index is 1.64. The molecule has 0 aliphatic carbocycles. The van der Waals surface area contributed by atoms with E-state index < -0.39 is 0 Å². The Kier molecular flexibility index (Phi) is 4.84. The highest BCUT2D eigenvalue weighted by Gasteiger charge is 2.35. The van der Waals surface area contributed by atoms with Crippen LogP contribution < -0.4 is 0 Å². The maximum atomic E-state index is 12.7. The van der Waals surface area contributed by atoms with E-state index in [1.807, 2.05) is 13.8 Å². The molecule has 8 heteroatoms. The minimum Gasteiger partial charge on any atom is -0.367 e. The minimum absolute atomic E-state index is 0.0428. The van der Waals surface area contributed by atoms with Crippen LogP contribution in [0.1, 0.15) is 50.4 Å². The summed E-state index contributed by atoms with van der Waals surface area (Å²) in [5.74, 6) is 1.53. The van der Waals surface area contributed by atoms with Gasteiger partial charge in [-0.1, -0.05) is 13.8 Å².